The van der Waals surface area contributed by atoms with Crippen molar-refractivity contribution in [2.75, 3.05) is 18.4 Å². The molecule has 0 unspecified atom stereocenters. The van der Waals surface area contributed by atoms with Gasteiger partial charge in [-0.25, -0.2) is 0 Å². The molecule has 4 N–H and O–H groups in total. The van der Waals surface area contributed by atoms with Gasteiger partial charge in [0.05, 0.1) is 0 Å². The Labute approximate surface area is 143 Å². The second kappa shape index (κ2) is 9.35. The number of nitrogens with zero attached hydrogens (tertiary/aromatic N) is 1. The van der Waals surface area contributed by atoms with Gasteiger partial charge in [0.25, 0.3) is 5.91 Å². The Morgan fingerprint density at radius 1 is 1.12 bits per heavy atom. The first-order valence-electron chi connectivity index (χ1n) is 8.18. The molecule has 2 rings (SSSR count). The molecule has 0 aliphatic rings. The number of hydrogen-bond acceptors (Lipinski definition) is 2. The average Bonchev–Trinajstić information content (AvgIpc) is 2.62. The number of rotatable bonds is 7. The molecular weight excluding hydrogens is 300 g/mol. The van der Waals surface area contributed by atoms with Crippen LogP contribution < -0.4 is 16.4 Å². The Kier molecular flexibility index (Phi) is 6.83. The minimum absolute atomic E-state index is 0.0675. The van der Waals surface area contributed by atoms with Crippen molar-refractivity contribution in [3.05, 3.63) is 65.7 Å². The number of aliphatic imine (C=N–C) groups is 1. The molecule has 24 heavy (non-hydrogen) atoms. The molecule has 0 heterocycles. The van der Waals surface area contributed by atoms with Gasteiger partial charge in [0, 0.05) is 24.3 Å². The zero-order chi connectivity index (χ0) is 17.2. The van der Waals surface area contributed by atoms with Crippen LogP contribution in [0.2, 0.25) is 0 Å². The molecule has 2 aromatic rings. The fraction of sp³-hybridized carbons (Fsp3) is 0.263. The van der Waals surface area contributed by atoms with E-state index in [9.17, 15) is 4.79 Å². The lowest BCUT2D eigenvalue weighted by Gasteiger charge is -2.07. The summed E-state index contributed by atoms with van der Waals surface area (Å²) in [6.07, 6.45) is 1.71. The van der Waals surface area contributed by atoms with E-state index >= 15 is 0 Å². The standard InChI is InChI=1S/C19H24N4O/c1-2-15-8-6-11-17(14-15)23-19(20)22-13-7-12-21-18(24)16-9-4-3-5-10-16/h3-6,8-11,14H,2,7,12-13H2,1H3,(H,21,24)(H3,20,22,23). The summed E-state index contributed by atoms with van der Waals surface area (Å²) in [5, 5.41) is 5.95. The molecule has 1 amide bonds. The number of benzene rings is 2. The molecular formula is C19H24N4O. The number of aryl methyl sites for hydroxylation is 1. The second-order valence-electron chi connectivity index (χ2n) is 5.42. The molecule has 0 bridgehead atoms. The molecule has 0 spiro atoms. The van der Waals surface area contributed by atoms with E-state index in [1.54, 1.807) is 12.1 Å². The third-order valence-corrected chi connectivity index (χ3v) is 3.55. The normalized spacial score (nSPS) is 11.1. The first-order valence-corrected chi connectivity index (χ1v) is 8.18. The maximum Gasteiger partial charge on any atom is 0.251 e. The number of amides is 1. The summed E-state index contributed by atoms with van der Waals surface area (Å²) in [5.41, 5.74) is 8.73. The van der Waals surface area contributed by atoms with Crippen LogP contribution in [-0.2, 0) is 6.42 Å². The van der Waals surface area contributed by atoms with Crippen molar-refractivity contribution in [3.63, 3.8) is 0 Å². The highest BCUT2D eigenvalue weighted by Crippen LogP contribution is 2.10. The highest BCUT2D eigenvalue weighted by atomic mass is 16.1. The second-order valence-corrected chi connectivity index (χ2v) is 5.42. The summed E-state index contributed by atoms with van der Waals surface area (Å²) < 4.78 is 0. The number of guanidine groups is 1. The Morgan fingerprint density at radius 3 is 2.67 bits per heavy atom. The van der Waals surface area contributed by atoms with Crippen LogP contribution in [0.1, 0.15) is 29.3 Å². The van der Waals surface area contributed by atoms with E-state index in [1.165, 1.54) is 5.56 Å². The number of nitrogens with two attached hydrogens (primary N) is 1. The maximum absolute atomic E-state index is 11.9. The van der Waals surface area contributed by atoms with Crippen LogP contribution in [-0.4, -0.2) is 25.0 Å². The van der Waals surface area contributed by atoms with Gasteiger partial charge in [-0.1, -0.05) is 37.3 Å². The first-order chi connectivity index (χ1) is 11.7. The van der Waals surface area contributed by atoms with Gasteiger partial charge in [0.15, 0.2) is 5.96 Å². The van der Waals surface area contributed by atoms with E-state index in [1.807, 2.05) is 30.3 Å². The number of anilines is 1. The zero-order valence-electron chi connectivity index (χ0n) is 14.0. The Balaban J connectivity index is 1.70. The van der Waals surface area contributed by atoms with E-state index in [0.29, 0.717) is 24.6 Å². The van der Waals surface area contributed by atoms with Crippen LogP contribution in [0.25, 0.3) is 0 Å². The van der Waals surface area contributed by atoms with Gasteiger partial charge in [-0.05, 0) is 42.7 Å². The summed E-state index contributed by atoms with van der Waals surface area (Å²) in [5.74, 6) is 0.319. The van der Waals surface area contributed by atoms with Gasteiger partial charge < -0.3 is 16.4 Å². The molecule has 0 aliphatic heterocycles. The molecule has 0 saturated heterocycles. The fourth-order valence-electron chi connectivity index (χ4n) is 2.23. The van der Waals surface area contributed by atoms with E-state index < -0.39 is 0 Å². The summed E-state index contributed by atoms with van der Waals surface area (Å²) in [7, 11) is 0. The van der Waals surface area contributed by atoms with Gasteiger partial charge in [-0.3, -0.25) is 9.79 Å². The summed E-state index contributed by atoms with van der Waals surface area (Å²) in [6, 6.07) is 17.3. The number of nitrogens with one attached hydrogen (secondary N) is 2. The summed E-state index contributed by atoms with van der Waals surface area (Å²) in [4.78, 5) is 16.1. The van der Waals surface area contributed by atoms with E-state index in [2.05, 4.69) is 34.7 Å². The Morgan fingerprint density at radius 2 is 1.92 bits per heavy atom. The van der Waals surface area contributed by atoms with E-state index in [-0.39, 0.29) is 5.91 Å². The third kappa shape index (κ3) is 5.76. The van der Waals surface area contributed by atoms with Crippen molar-refractivity contribution in [1.82, 2.24) is 5.32 Å². The first kappa shape index (κ1) is 17.5. The average molecular weight is 324 g/mol. The number of hydrogen-bond donors (Lipinski definition) is 3. The highest BCUT2D eigenvalue weighted by Gasteiger charge is 2.02. The Hall–Kier alpha value is -2.82. The van der Waals surface area contributed by atoms with Crippen molar-refractivity contribution >= 4 is 17.6 Å². The molecule has 2 aromatic carbocycles. The minimum Gasteiger partial charge on any atom is -0.370 e. The molecule has 0 atom stereocenters. The lowest BCUT2D eigenvalue weighted by Crippen LogP contribution is -2.26. The zero-order valence-corrected chi connectivity index (χ0v) is 14.0. The van der Waals surface area contributed by atoms with Crippen molar-refractivity contribution in [1.29, 1.82) is 0 Å². The predicted molar refractivity (Wildman–Crippen MR) is 99.3 cm³/mol. The van der Waals surface area contributed by atoms with Crippen molar-refractivity contribution < 1.29 is 4.79 Å². The van der Waals surface area contributed by atoms with Crippen LogP contribution in [0.15, 0.2) is 59.6 Å². The molecule has 126 valence electrons. The predicted octanol–water partition coefficient (Wildman–Crippen LogP) is 2.80. The minimum atomic E-state index is -0.0675. The van der Waals surface area contributed by atoms with Crippen LogP contribution in [0.5, 0.6) is 0 Å². The van der Waals surface area contributed by atoms with Gasteiger partial charge >= 0.3 is 0 Å². The molecule has 5 nitrogen and oxygen atoms in total. The van der Waals surface area contributed by atoms with Gasteiger partial charge in [0.2, 0.25) is 0 Å². The third-order valence-electron chi connectivity index (χ3n) is 3.55. The van der Waals surface area contributed by atoms with Crippen molar-refractivity contribution in [3.8, 4) is 0 Å². The fourth-order valence-corrected chi connectivity index (χ4v) is 2.23. The molecule has 0 saturated carbocycles. The van der Waals surface area contributed by atoms with Crippen molar-refractivity contribution in [2.24, 2.45) is 10.7 Å². The van der Waals surface area contributed by atoms with Crippen LogP contribution in [0.4, 0.5) is 5.69 Å². The lowest BCUT2D eigenvalue weighted by atomic mass is 10.1. The van der Waals surface area contributed by atoms with Crippen LogP contribution in [0.3, 0.4) is 0 Å². The number of carbonyl (C=O) groups is 1. The van der Waals surface area contributed by atoms with Crippen LogP contribution in [0, 0.1) is 0 Å². The topological polar surface area (TPSA) is 79.5 Å². The monoisotopic (exact) mass is 324 g/mol. The van der Waals surface area contributed by atoms with Crippen molar-refractivity contribution in [2.45, 2.75) is 19.8 Å². The van der Waals surface area contributed by atoms with Gasteiger partial charge in [-0.2, -0.15) is 0 Å². The molecule has 0 aliphatic carbocycles. The molecule has 0 aromatic heterocycles. The summed E-state index contributed by atoms with van der Waals surface area (Å²) in [6.45, 7) is 3.23. The maximum atomic E-state index is 11.9. The number of carbonyl (C=O) groups excluding carboxylic acids is 1. The van der Waals surface area contributed by atoms with Gasteiger partial charge in [-0.15, -0.1) is 0 Å². The SMILES string of the molecule is CCc1cccc(NC(N)=NCCCNC(=O)c2ccccc2)c1. The highest BCUT2D eigenvalue weighted by molar-refractivity contribution is 5.94. The Bertz CT molecular complexity index is 683. The van der Waals surface area contributed by atoms with Crippen LogP contribution >= 0.6 is 0 Å². The molecule has 0 radical (unpaired) electrons. The van der Waals surface area contributed by atoms with E-state index in [4.69, 9.17) is 5.73 Å². The lowest BCUT2D eigenvalue weighted by molar-refractivity contribution is 0.0953. The smallest absolute Gasteiger partial charge is 0.251 e. The largest absolute Gasteiger partial charge is 0.370 e. The van der Waals surface area contributed by atoms with Gasteiger partial charge in [0.1, 0.15) is 0 Å². The quantitative estimate of drug-likeness (QED) is 0.416. The van der Waals surface area contributed by atoms with E-state index in [0.717, 1.165) is 18.5 Å². The summed E-state index contributed by atoms with van der Waals surface area (Å²) >= 11 is 0. The molecule has 0 fully saturated rings. The molecule has 5 heteroatoms.